The maximum atomic E-state index is 10.8. The molecule has 18 heavy (non-hydrogen) atoms. The molecule has 0 spiro atoms. The molecule has 2 rings (SSSR count). The van der Waals surface area contributed by atoms with Crippen LogP contribution in [0.25, 0.3) is 0 Å². The number of carboxylic acids is 1. The molecule has 0 amide bonds. The molecule has 0 aliphatic carbocycles. The van der Waals surface area contributed by atoms with Gasteiger partial charge in [-0.2, -0.15) is 0 Å². The second-order valence-electron chi connectivity index (χ2n) is 4.02. The Kier molecular flexibility index (Phi) is 3.28. The highest BCUT2D eigenvalue weighted by Crippen LogP contribution is 2.25. The smallest absolute Gasteiger partial charge is 0.335 e. The molecule has 0 saturated carbocycles. The van der Waals surface area contributed by atoms with Gasteiger partial charge in [-0.15, -0.1) is 0 Å². The largest absolute Gasteiger partial charge is 0.478 e. The molecule has 2 aromatic rings. The van der Waals surface area contributed by atoms with Crippen LogP contribution in [0.15, 0.2) is 36.5 Å². The second-order valence-corrected chi connectivity index (χ2v) is 4.02. The van der Waals surface area contributed by atoms with E-state index in [9.17, 15) is 4.79 Å². The number of carboxylic acid groups (broad SMARTS) is 1. The van der Waals surface area contributed by atoms with E-state index < -0.39 is 5.97 Å². The summed E-state index contributed by atoms with van der Waals surface area (Å²) >= 11 is 0. The van der Waals surface area contributed by atoms with Crippen molar-refractivity contribution in [2.24, 2.45) is 0 Å². The van der Waals surface area contributed by atoms with Crippen LogP contribution in [0.5, 0.6) is 11.5 Å². The number of ether oxygens (including phenoxy) is 1. The first-order valence-electron chi connectivity index (χ1n) is 5.51. The van der Waals surface area contributed by atoms with Gasteiger partial charge in [0.25, 0.3) is 0 Å². The van der Waals surface area contributed by atoms with Crippen LogP contribution in [0.1, 0.15) is 21.6 Å². The fraction of sp³-hybridized carbons (Fsp3) is 0.143. The number of aromatic nitrogens is 1. The molecule has 0 aliphatic rings. The lowest BCUT2D eigenvalue weighted by Gasteiger charge is -2.09. The Morgan fingerprint density at radius 2 is 2.00 bits per heavy atom. The van der Waals surface area contributed by atoms with Gasteiger partial charge in [0.2, 0.25) is 0 Å². The first-order chi connectivity index (χ1) is 8.56. The van der Waals surface area contributed by atoms with Gasteiger partial charge in [-0.3, -0.25) is 4.98 Å². The molecule has 1 heterocycles. The minimum atomic E-state index is -0.940. The van der Waals surface area contributed by atoms with Crippen LogP contribution in [0.3, 0.4) is 0 Å². The molecule has 1 aromatic heterocycles. The van der Waals surface area contributed by atoms with Gasteiger partial charge < -0.3 is 9.84 Å². The van der Waals surface area contributed by atoms with Gasteiger partial charge >= 0.3 is 5.97 Å². The van der Waals surface area contributed by atoms with Crippen LogP contribution in [-0.2, 0) is 0 Å². The topological polar surface area (TPSA) is 59.4 Å². The standard InChI is InChI=1S/C14H13NO3/c1-9-7-11(14(16)17)3-4-13(9)18-12-5-6-15-10(2)8-12/h3-8H,1-2H3,(H,16,17). The molecule has 0 unspecified atom stereocenters. The minimum Gasteiger partial charge on any atom is -0.478 e. The third-order valence-electron chi connectivity index (χ3n) is 2.52. The summed E-state index contributed by atoms with van der Waals surface area (Å²) in [6.45, 7) is 3.70. The van der Waals surface area contributed by atoms with Crippen molar-refractivity contribution < 1.29 is 14.6 Å². The lowest BCUT2D eigenvalue weighted by atomic mass is 10.1. The monoisotopic (exact) mass is 243 g/mol. The number of hydrogen-bond acceptors (Lipinski definition) is 3. The third kappa shape index (κ3) is 2.66. The van der Waals surface area contributed by atoms with Crippen LogP contribution in [0.4, 0.5) is 0 Å². The van der Waals surface area contributed by atoms with Gasteiger partial charge in [0.1, 0.15) is 11.5 Å². The van der Waals surface area contributed by atoms with Gasteiger partial charge in [0.05, 0.1) is 5.56 Å². The van der Waals surface area contributed by atoms with Crippen molar-refractivity contribution in [2.75, 3.05) is 0 Å². The van der Waals surface area contributed by atoms with E-state index in [0.717, 1.165) is 11.3 Å². The van der Waals surface area contributed by atoms with Crippen LogP contribution in [0, 0.1) is 13.8 Å². The minimum absolute atomic E-state index is 0.255. The summed E-state index contributed by atoms with van der Waals surface area (Å²) in [5.74, 6) is 0.392. The number of rotatable bonds is 3. The second kappa shape index (κ2) is 4.87. The molecule has 0 atom stereocenters. The maximum Gasteiger partial charge on any atom is 0.335 e. The number of nitrogens with zero attached hydrogens (tertiary/aromatic N) is 1. The zero-order valence-corrected chi connectivity index (χ0v) is 10.2. The van der Waals surface area contributed by atoms with Crippen LogP contribution < -0.4 is 4.74 Å². The van der Waals surface area contributed by atoms with Gasteiger partial charge in [-0.1, -0.05) is 0 Å². The third-order valence-corrected chi connectivity index (χ3v) is 2.52. The normalized spacial score (nSPS) is 10.1. The van der Waals surface area contributed by atoms with Crippen LogP contribution in [-0.4, -0.2) is 16.1 Å². The number of carbonyl (C=O) groups is 1. The van der Waals surface area contributed by atoms with E-state index in [0.29, 0.717) is 11.5 Å². The number of aromatic carboxylic acids is 1. The molecule has 1 N–H and O–H groups in total. The Bertz CT molecular complexity index is 593. The summed E-state index contributed by atoms with van der Waals surface area (Å²) in [5.41, 5.74) is 1.91. The summed E-state index contributed by atoms with van der Waals surface area (Å²) in [5, 5.41) is 8.88. The maximum absolute atomic E-state index is 10.8. The zero-order valence-electron chi connectivity index (χ0n) is 10.2. The average Bonchev–Trinajstić information content (AvgIpc) is 2.31. The van der Waals surface area contributed by atoms with Crippen molar-refractivity contribution >= 4 is 5.97 Å². The van der Waals surface area contributed by atoms with Crippen molar-refractivity contribution in [1.29, 1.82) is 0 Å². The van der Waals surface area contributed by atoms with Gasteiger partial charge in [-0.25, -0.2) is 4.79 Å². The Hall–Kier alpha value is -2.36. The van der Waals surface area contributed by atoms with Crippen molar-refractivity contribution in [3.05, 3.63) is 53.3 Å². The highest BCUT2D eigenvalue weighted by Gasteiger charge is 2.07. The number of pyridine rings is 1. The quantitative estimate of drug-likeness (QED) is 0.899. The highest BCUT2D eigenvalue weighted by atomic mass is 16.5. The first-order valence-corrected chi connectivity index (χ1v) is 5.51. The van der Waals surface area contributed by atoms with E-state index in [1.54, 1.807) is 24.4 Å². The zero-order chi connectivity index (χ0) is 13.1. The van der Waals surface area contributed by atoms with Crippen molar-refractivity contribution in [3.63, 3.8) is 0 Å². The molecule has 1 aromatic carbocycles. The number of hydrogen-bond donors (Lipinski definition) is 1. The Balaban J connectivity index is 2.27. The number of aryl methyl sites for hydroxylation is 2. The fourth-order valence-corrected chi connectivity index (χ4v) is 1.61. The summed E-state index contributed by atoms with van der Waals surface area (Å²) in [6, 6.07) is 8.36. The Labute approximate surface area is 105 Å². The molecule has 0 fully saturated rings. The van der Waals surface area contributed by atoms with Crippen LogP contribution in [0.2, 0.25) is 0 Å². The van der Waals surface area contributed by atoms with E-state index in [1.807, 2.05) is 19.9 Å². The molecule has 92 valence electrons. The van der Waals surface area contributed by atoms with Crippen molar-refractivity contribution in [1.82, 2.24) is 4.98 Å². The molecule has 0 saturated heterocycles. The average molecular weight is 243 g/mol. The Morgan fingerprint density at radius 1 is 1.22 bits per heavy atom. The summed E-state index contributed by atoms with van der Waals surface area (Å²) in [4.78, 5) is 14.9. The highest BCUT2D eigenvalue weighted by molar-refractivity contribution is 5.88. The predicted octanol–water partition coefficient (Wildman–Crippen LogP) is 3.19. The molecule has 0 radical (unpaired) electrons. The van der Waals surface area contributed by atoms with Gasteiger partial charge in [0.15, 0.2) is 0 Å². The lowest BCUT2D eigenvalue weighted by Crippen LogP contribution is -1.97. The van der Waals surface area contributed by atoms with E-state index in [1.165, 1.54) is 6.07 Å². The fourth-order valence-electron chi connectivity index (χ4n) is 1.61. The van der Waals surface area contributed by atoms with Crippen molar-refractivity contribution in [2.45, 2.75) is 13.8 Å². The molecule has 4 heteroatoms. The number of benzene rings is 1. The summed E-state index contributed by atoms with van der Waals surface area (Å²) in [6.07, 6.45) is 1.67. The molecular weight excluding hydrogens is 230 g/mol. The molecule has 0 bridgehead atoms. The van der Waals surface area contributed by atoms with E-state index in [2.05, 4.69) is 4.98 Å². The van der Waals surface area contributed by atoms with Gasteiger partial charge in [0, 0.05) is 18.0 Å². The van der Waals surface area contributed by atoms with E-state index in [4.69, 9.17) is 9.84 Å². The molecule has 0 aliphatic heterocycles. The predicted molar refractivity (Wildman–Crippen MR) is 67.2 cm³/mol. The lowest BCUT2D eigenvalue weighted by molar-refractivity contribution is 0.0697. The van der Waals surface area contributed by atoms with E-state index in [-0.39, 0.29) is 5.56 Å². The Morgan fingerprint density at radius 3 is 2.61 bits per heavy atom. The SMILES string of the molecule is Cc1cc(Oc2ccc(C(=O)O)cc2C)ccn1. The van der Waals surface area contributed by atoms with E-state index >= 15 is 0 Å². The summed E-state index contributed by atoms with van der Waals surface area (Å²) in [7, 11) is 0. The first kappa shape index (κ1) is 12.1. The molecular formula is C14H13NO3. The van der Waals surface area contributed by atoms with Crippen molar-refractivity contribution in [3.8, 4) is 11.5 Å². The summed E-state index contributed by atoms with van der Waals surface area (Å²) < 4.78 is 5.69. The molecule has 4 nitrogen and oxygen atoms in total. The van der Waals surface area contributed by atoms with Gasteiger partial charge in [-0.05, 0) is 43.7 Å². The van der Waals surface area contributed by atoms with Crippen LogP contribution >= 0.6 is 0 Å².